The summed E-state index contributed by atoms with van der Waals surface area (Å²) in [4.78, 5) is 5.44. The molecule has 0 heterocycles. The average molecular weight is 659 g/mol. The Morgan fingerprint density at radius 3 is 0.882 bits per heavy atom. The predicted octanol–water partition coefficient (Wildman–Crippen LogP) is 12.4. The molecule has 0 amide bonds. The minimum absolute atomic E-state index is 0.0205. The molecule has 51 heavy (non-hydrogen) atoms. The minimum Gasteiger partial charge on any atom is -0.304 e. The van der Waals surface area contributed by atoms with Gasteiger partial charge in [-0.2, -0.15) is 0 Å². The first kappa shape index (κ1) is 33.4. The molecule has 0 saturated heterocycles. The van der Waals surface area contributed by atoms with Gasteiger partial charge in [-0.05, 0) is 63.9 Å². The van der Waals surface area contributed by atoms with Gasteiger partial charge in [-0.1, -0.05) is 194 Å². The second kappa shape index (κ2) is 15.6. The molecule has 0 bridgehead atoms. The van der Waals surface area contributed by atoms with Gasteiger partial charge in [-0.3, -0.25) is 4.99 Å². The van der Waals surface area contributed by atoms with Gasteiger partial charge in [-0.25, -0.2) is 0 Å². The Hall–Kier alpha value is -6.12. The number of nitrogens with zero attached hydrogens (tertiary/aromatic N) is 1. The van der Waals surface area contributed by atoms with Crippen molar-refractivity contribution < 1.29 is 0 Å². The molecule has 0 aliphatic carbocycles. The van der Waals surface area contributed by atoms with Gasteiger partial charge in [0.2, 0.25) is 0 Å². The van der Waals surface area contributed by atoms with Gasteiger partial charge in [0.15, 0.2) is 0 Å². The molecule has 0 unspecified atom stereocenters. The highest BCUT2D eigenvalue weighted by Crippen LogP contribution is 2.47. The first-order chi connectivity index (χ1) is 25.1. The molecule has 0 aliphatic heterocycles. The van der Waals surface area contributed by atoms with Gasteiger partial charge >= 0.3 is 0 Å². The lowest BCUT2D eigenvalue weighted by atomic mass is 9.75. The van der Waals surface area contributed by atoms with Gasteiger partial charge in [-0.15, -0.1) is 0 Å². The van der Waals surface area contributed by atoms with Crippen molar-refractivity contribution >= 4 is 17.1 Å². The van der Waals surface area contributed by atoms with E-state index in [0.29, 0.717) is 11.4 Å². The summed E-state index contributed by atoms with van der Waals surface area (Å²) < 4.78 is 0. The maximum atomic E-state index is 8.67. The summed E-state index contributed by atoms with van der Waals surface area (Å²) in [5, 5.41) is 8.67. The maximum Gasteiger partial charge on any atom is 0.0717 e. The van der Waals surface area contributed by atoms with E-state index in [9.17, 15) is 0 Å². The summed E-state index contributed by atoms with van der Waals surface area (Å²) in [6.07, 6.45) is 0. The summed E-state index contributed by atoms with van der Waals surface area (Å²) in [6.45, 7) is 3.78. The molecule has 0 aromatic heterocycles. The molecule has 0 spiro atoms. The summed E-state index contributed by atoms with van der Waals surface area (Å²) in [6, 6.07) is 69.6. The molecule has 0 atom stereocenters. The van der Waals surface area contributed by atoms with Crippen molar-refractivity contribution in [1.29, 1.82) is 5.41 Å². The highest BCUT2D eigenvalue weighted by atomic mass is 14.8. The lowest BCUT2D eigenvalue weighted by molar-refractivity contribution is 0.906. The van der Waals surface area contributed by atoms with Gasteiger partial charge in [0.1, 0.15) is 0 Å². The lowest BCUT2D eigenvalue weighted by Gasteiger charge is -2.29. The zero-order valence-corrected chi connectivity index (χ0v) is 29.2. The average Bonchev–Trinajstić information content (AvgIpc) is 3.19. The maximum absolute atomic E-state index is 8.67. The van der Waals surface area contributed by atoms with E-state index < -0.39 is 0 Å². The van der Waals surface area contributed by atoms with Crippen LogP contribution in [0.25, 0.3) is 0 Å². The van der Waals surface area contributed by atoms with Gasteiger partial charge in [0, 0.05) is 23.5 Å². The van der Waals surface area contributed by atoms with Gasteiger partial charge < -0.3 is 5.41 Å². The van der Waals surface area contributed by atoms with Crippen LogP contribution in [-0.2, 0) is 0 Å². The summed E-state index contributed by atoms with van der Waals surface area (Å²) >= 11 is 0. The fourth-order valence-electron chi connectivity index (χ4n) is 7.25. The van der Waals surface area contributed by atoms with E-state index >= 15 is 0 Å². The third-order valence-corrected chi connectivity index (χ3v) is 9.77. The SMILES string of the molecule is CC(=N)C(C)=Nc1c(C(c2ccccc2)c2ccccc2)cc(C(c2ccccc2)c2ccccc2)cc1C(c1ccccc1)c1ccccc1. The molecule has 0 saturated carbocycles. The molecule has 2 heteroatoms. The van der Waals surface area contributed by atoms with Crippen LogP contribution in [0.5, 0.6) is 0 Å². The van der Waals surface area contributed by atoms with E-state index in [4.69, 9.17) is 10.4 Å². The smallest absolute Gasteiger partial charge is 0.0717 e. The molecule has 2 nitrogen and oxygen atoms in total. The molecule has 1 N–H and O–H groups in total. The highest BCUT2D eigenvalue weighted by molar-refractivity contribution is 6.39. The van der Waals surface area contributed by atoms with Crippen molar-refractivity contribution in [2.75, 3.05) is 0 Å². The first-order valence-corrected chi connectivity index (χ1v) is 17.7. The third-order valence-electron chi connectivity index (χ3n) is 9.77. The van der Waals surface area contributed by atoms with Gasteiger partial charge in [0.25, 0.3) is 0 Å². The predicted molar refractivity (Wildman–Crippen MR) is 214 cm³/mol. The molecule has 7 aromatic carbocycles. The number of hydrogen-bond donors (Lipinski definition) is 1. The topological polar surface area (TPSA) is 36.2 Å². The van der Waals surface area contributed by atoms with E-state index in [2.05, 4.69) is 194 Å². The molecular weight excluding hydrogens is 617 g/mol. The minimum atomic E-state index is -0.108. The highest BCUT2D eigenvalue weighted by Gasteiger charge is 2.30. The summed E-state index contributed by atoms with van der Waals surface area (Å²) in [5.41, 5.74) is 12.8. The number of nitrogens with one attached hydrogen (secondary N) is 1. The van der Waals surface area contributed by atoms with Gasteiger partial charge in [0.05, 0.1) is 11.4 Å². The monoisotopic (exact) mass is 658 g/mol. The van der Waals surface area contributed by atoms with Crippen molar-refractivity contribution in [3.05, 3.63) is 244 Å². The van der Waals surface area contributed by atoms with Crippen LogP contribution in [-0.4, -0.2) is 11.4 Å². The second-order valence-corrected chi connectivity index (χ2v) is 13.1. The van der Waals surface area contributed by atoms with Crippen LogP contribution in [0.2, 0.25) is 0 Å². The molecule has 248 valence electrons. The standard InChI is InChI=1S/C49H42N2/c1-35(50)36(2)51-49-44(47(39-25-13-5-14-26-39)40-27-15-6-16-28-40)33-43(46(37-21-9-3-10-22-37)38-23-11-4-12-24-38)34-45(49)48(41-29-17-7-18-30-41)42-31-19-8-20-32-42/h3-34,46-48,50H,1-2H3. The largest absolute Gasteiger partial charge is 0.304 e. The molecule has 7 aromatic rings. The van der Waals surface area contributed by atoms with E-state index in [-0.39, 0.29) is 17.8 Å². The van der Waals surface area contributed by atoms with Crippen molar-refractivity contribution in [2.45, 2.75) is 31.6 Å². The Morgan fingerprint density at radius 2 is 0.627 bits per heavy atom. The van der Waals surface area contributed by atoms with Crippen molar-refractivity contribution in [2.24, 2.45) is 4.99 Å². The first-order valence-electron chi connectivity index (χ1n) is 17.7. The van der Waals surface area contributed by atoms with E-state index in [1.54, 1.807) is 0 Å². The number of hydrogen-bond acceptors (Lipinski definition) is 2. The van der Waals surface area contributed by atoms with Crippen LogP contribution in [0.4, 0.5) is 5.69 Å². The van der Waals surface area contributed by atoms with E-state index in [0.717, 1.165) is 16.8 Å². The van der Waals surface area contributed by atoms with Crippen LogP contribution in [0.1, 0.15) is 81.7 Å². The fourth-order valence-corrected chi connectivity index (χ4v) is 7.25. The van der Waals surface area contributed by atoms with E-state index in [1.165, 1.54) is 38.9 Å². The Labute approximate surface area is 302 Å². The number of rotatable bonds is 11. The van der Waals surface area contributed by atoms with E-state index in [1.807, 2.05) is 13.8 Å². The molecule has 0 aliphatic rings. The Morgan fingerprint density at radius 1 is 0.373 bits per heavy atom. The second-order valence-electron chi connectivity index (χ2n) is 13.1. The van der Waals surface area contributed by atoms with Crippen molar-refractivity contribution in [3.63, 3.8) is 0 Å². The number of benzene rings is 7. The Bertz CT molecular complexity index is 1990. The van der Waals surface area contributed by atoms with Crippen LogP contribution in [0.15, 0.2) is 199 Å². The quantitative estimate of drug-likeness (QED) is 0.106. The molecular formula is C49H42N2. The fraction of sp³-hybridized carbons (Fsp3) is 0.102. The summed E-state index contributed by atoms with van der Waals surface area (Å²) in [5.74, 6) is -0.237. The van der Waals surface area contributed by atoms with Crippen LogP contribution < -0.4 is 0 Å². The zero-order chi connectivity index (χ0) is 35.0. The number of aliphatic imine (C=N–C) groups is 1. The molecule has 0 fully saturated rings. The normalized spacial score (nSPS) is 11.7. The molecule has 0 radical (unpaired) electrons. The molecule has 7 rings (SSSR count). The van der Waals surface area contributed by atoms with Crippen LogP contribution >= 0.6 is 0 Å². The zero-order valence-electron chi connectivity index (χ0n) is 29.2. The van der Waals surface area contributed by atoms with Crippen LogP contribution in [0.3, 0.4) is 0 Å². The Kier molecular flexibility index (Phi) is 10.2. The summed E-state index contributed by atoms with van der Waals surface area (Å²) in [7, 11) is 0. The third kappa shape index (κ3) is 7.41. The van der Waals surface area contributed by atoms with Crippen LogP contribution in [0, 0.1) is 5.41 Å². The lowest BCUT2D eigenvalue weighted by Crippen LogP contribution is -2.13. The van der Waals surface area contributed by atoms with Crippen molar-refractivity contribution in [1.82, 2.24) is 0 Å². The van der Waals surface area contributed by atoms with Crippen molar-refractivity contribution in [3.8, 4) is 0 Å². The Balaban J connectivity index is 1.65.